The summed E-state index contributed by atoms with van der Waals surface area (Å²) < 4.78 is 16.1. The van der Waals surface area contributed by atoms with Crippen LogP contribution < -0.4 is 0 Å². The Kier molecular flexibility index (Phi) is 3.93. The average molecular weight is 342 g/mol. The van der Waals surface area contributed by atoms with E-state index in [0.717, 1.165) is 12.8 Å². The number of hydrogen-bond donors (Lipinski definition) is 1. The van der Waals surface area contributed by atoms with Gasteiger partial charge >= 0.3 is 0 Å². The summed E-state index contributed by atoms with van der Waals surface area (Å²) in [6.45, 7) is 0. The average Bonchev–Trinajstić information content (AvgIpc) is 3.12. The predicted molar refractivity (Wildman–Crippen MR) is 89.5 cm³/mol. The first kappa shape index (κ1) is 15.1. The summed E-state index contributed by atoms with van der Waals surface area (Å²) >= 11 is 1.34. The highest BCUT2D eigenvalue weighted by Gasteiger charge is 2.31. The van der Waals surface area contributed by atoms with Crippen LogP contribution in [-0.2, 0) is 0 Å². The highest BCUT2D eigenvalue weighted by Crippen LogP contribution is 2.41. The number of benzene rings is 1. The Morgan fingerprint density at radius 1 is 1.25 bits per heavy atom. The van der Waals surface area contributed by atoms with Crippen LogP contribution in [0.3, 0.4) is 0 Å². The van der Waals surface area contributed by atoms with Gasteiger partial charge in [0.05, 0.1) is 17.0 Å². The monoisotopic (exact) mass is 342 g/mol. The first-order valence-electron chi connectivity index (χ1n) is 7.73. The first-order valence-corrected chi connectivity index (χ1v) is 8.72. The van der Waals surface area contributed by atoms with E-state index in [4.69, 9.17) is 0 Å². The van der Waals surface area contributed by atoms with Crippen molar-refractivity contribution in [3.63, 3.8) is 0 Å². The number of carbonyl (C=O) groups is 1. The van der Waals surface area contributed by atoms with Gasteiger partial charge in [0.25, 0.3) is 0 Å². The number of aromatic amines is 1. The third-order valence-corrected chi connectivity index (χ3v) is 4.87. The minimum absolute atomic E-state index is 0.00258. The summed E-state index contributed by atoms with van der Waals surface area (Å²) in [7, 11) is 0. The second-order valence-corrected chi connectivity index (χ2v) is 6.63. The molecule has 0 radical (unpaired) electrons. The number of nitrogens with zero attached hydrogens (tertiary/aromatic N) is 3. The van der Waals surface area contributed by atoms with Gasteiger partial charge in [0.1, 0.15) is 5.82 Å². The second-order valence-electron chi connectivity index (χ2n) is 5.68. The number of nitrogens with one attached hydrogen (secondary N) is 1. The molecule has 1 aliphatic carbocycles. The molecule has 1 aromatic carbocycles. The molecule has 0 aliphatic heterocycles. The van der Waals surface area contributed by atoms with Crippen LogP contribution in [0.1, 0.15) is 29.4 Å². The molecular formula is C17H15FN4OS. The smallest absolute Gasteiger partial charge is 0.192 e. The van der Waals surface area contributed by atoms with Crippen molar-refractivity contribution in [3.05, 3.63) is 54.1 Å². The maximum atomic E-state index is 14.1. The van der Waals surface area contributed by atoms with Crippen molar-refractivity contribution in [1.29, 1.82) is 0 Å². The van der Waals surface area contributed by atoms with Gasteiger partial charge in [-0.05, 0) is 37.1 Å². The third-order valence-electron chi connectivity index (χ3n) is 3.92. The number of H-pyrrole nitrogens is 1. The summed E-state index contributed by atoms with van der Waals surface area (Å²) in [6, 6.07) is 10.4. The lowest BCUT2D eigenvalue weighted by Crippen LogP contribution is -2.05. The van der Waals surface area contributed by atoms with E-state index in [1.54, 1.807) is 36.5 Å². The lowest BCUT2D eigenvalue weighted by atomic mass is 10.2. The van der Waals surface area contributed by atoms with Gasteiger partial charge in [-0.15, -0.1) is 10.2 Å². The number of hydrogen-bond acceptors (Lipinski definition) is 4. The number of ketones is 1. The van der Waals surface area contributed by atoms with Gasteiger partial charge in [-0.25, -0.2) is 4.39 Å². The van der Waals surface area contributed by atoms with Crippen molar-refractivity contribution in [3.8, 4) is 11.4 Å². The highest BCUT2D eigenvalue weighted by molar-refractivity contribution is 7.99. The van der Waals surface area contributed by atoms with E-state index >= 15 is 0 Å². The lowest BCUT2D eigenvalue weighted by Gasteiger charge is -2.09. The van der Waals surface area contributed by atoms with E-state index in [1.807, 2.05) is 4.57 Å². The van der Waals surface area contributed by atoms with Gasteiger partial charge in [0.15, 0.2) is 16.8 Å². The Morgan fingerprint density at radius 2 is 2.08 bits per heavy atom. The van der Waals surface area contributed by atoms with Crippen LogP contribution in [0.2, 0.25) is 0 Å². The highest BCUT2D eigenvalue weighted by atomic mass is 32.2. The molecule has 0 saturated heterocycles. The maximum absolute atomic E-state index is 14.1. The quantitative estimate of drug-likeness (QED) is 0.548. The molecule has 3 aromatic rings. The molecule has 5 nitrogen and oxygen atoms in total. The van der Waals surface area contributed by atoms with Gasteiger partial charge in [0.2, 0.25) is 0 Å². The van der Waals surface area contributed by atoms with Crippen molar-refractivity contribution < 1.29 is 9.18 Å². The number of Topliss-reactive ketones (excluding diaryl/α,β-unsaturated/α-hetero) is 1. The van der Waals surface area contributed by atoms with Crippen molar-refractivity contribution in [2.75, 3.05) is 5.75 Å². The van der Waals surface area contributed by atoms with Crippen LogP contribution in [0.15, 0.2) is 47.8 Å². The molecule has 0 atom stereocenters. The first-order chi connectivity index (χ1) is 11.7. The molecule has 1 saturated carbocycles. The molecule has 122 valence electrons. The van der Waals surface area contributed by atoms with Crippen LogP contribution in [-0.4, -0.2) is 31.3 Å². The van der Waals surface area contributed by atoms with Gasteiger partial charge in [-0.2, -0.15) is 0 Å². The fourth-order valence-corrected chi connectivity index (χ4v) is 3.46. The Hall–Kier alpha value is -2.41. The standard InChI is InChI=1S/C17H15FN4OS/c18-13-5-2-1-4-12(13)16-20-21-17(22(16)11-7-8-11)24-10-15(23)14-6-3-9-19-14/h1-6,9,11,19H,7-8,10H2. The maximum Gasteiger partial charge on any atom is 0.192 e. The summed E-state index contributed by atoms with van der Waals surface area (Å²) in [4.78, 5) is 15.0. The minimum Gasteiger partial charge on any atom is -0.359 e. The van der Waals surface area contributed by atoms with E-state index in [2.05, 4.69) is 15.2 Å². The summed E-state index contributed by atoms with van der Waals surface area (Å²) in [5.74, 6) is 0.488. The van der Waals surface area contributed by atoms with E-state index in [-0.39, 0.29) is 23.4 Å². The van der Waals surface area contributed by atoms with Crippen LogP contribution >= 0.6 is 11.8 Å². The second kappa shape index (κ2) is 6.24. The minimum atomic E-state index is -0.314. The van der Waals surface area contributed by atoms with Gasteiger partial charge in [-0.1, -0.05) is 23.9 Å². The van der Waals surface area contributed by atoms with Crippen LogP contribution in [0.5, 0.6) is 0 Å². The zero-order valence-corrected chi connectivity index (χ0v) is 13.6. The van der Waals surface area contributed by atoms with Crippen LogP contribution in [0, 0.1) is 5.82 Å². The molecular weight excluding hydrogens is 327 g/mol. The third kappa shape index (κ3) is 2.87. The van der Waals surface area contributed by atoms with E-state index in [1.165, 1.54) is 17.8 Å². The summed E-state index contributed by atoms with van der Waals surface area (Å²) in [5.41, 5.74) is 1.02. The predicted octanol–water partition coefficient (Wildman–Crippen LogP) is 3.72. The summed E-state index contributed by atoms with van der Waals surface area (Å²) in [5, 5.41) is 9.04. The largest absolute Gasteiger partial charge is 0.359 e. The Balaban J connectivity index is 1.60. The van der Waals surface area contributed by atoms with E-state index < -0.39 is 0 Å². The molecule has 2 heterocycles. The van der Waals surface area contributed by atoms with Gasteiger partial charge < -0.3 is 4.98 Å². The zero-order valence-electron chi connectivity index (χ0n) is 12.8. The molecule has 1 aliphatic rings. The Morgan fingerprint density at radius 3 is 2.79 bits per heavy atom. The molecule has 0 bridgehead atoms. The Bertz CT molecular complexity index is 871. The molecule has 7 heteroatoms. The van der Waals surface area contributed by atoms with Crippen molar-refractivity contribution in [1.82, 2.24) is 19.7 Å². The van der Waals surface area contributed by atoms with Crippen LogP contribution in [0.4, 0.5) is 4.39 Å². The van der Waals surface area contributed by atoms with Crippen molar-refractivity contribution >= 4 is 17.5 Å². The number of thioether (sulfide) groups is 1. The SMILES string of the molecule is O=C(CSc1nnc(-c2ccccc2F)n1C1CC1)c1ccc[nH]1. The Labute approximate surface area is 142 Å². The molecule has 1 N–H and O–H groups in total. The molecule has 2 aromatic heterocycles. The number of aromatic nitrogens is 4. The van der Waals surface area contributed by atoms with Gasteiger partial charge in [0, 0.05) is 12.2 Å². The normalized spacial score (nSPS) is 14.0. The molecule has 0 spiro atoms. The number of rotatable bonds is 6. The van der Waals surface area contributed by atoms with Crippen LogP contribution in [0.25, 0.3) is 11.4 Å². The van der Waals surface area contributed by atoms with E-state index in [9.17, 15) is 9.18 Å². The lowest BCUT2D eigenvalue weighted by molar-refractivity contribution is 0.101. The fraction of sp³-hybridized carbons (Fsp3) is 0.235. The van der Waals surface area contributed by atoms with Crippen molar-refractivity contribution in [2.45, 2.75) is 24.0 Å². The summed E-state index contributed by atoms with van der Waals surface area (Å²) in [6.07, 6.45) is 3.77. The molecule has 4 rings (SSSR count). The fourth-order valence-electron chi connectivity index (χ4n) is 2.58. The van der Waals surface area contributed by atoms with Gasteiger partial charge in [-0.3, -0.25) is 9.36 Å². The zero-order chi connectivity index (χ0) is 16.5. The molecule has 0 unspecified atom stereocenters. The number of halogens is 1. The molecule has 0 amide bonds. The van der Waals surface area contributed by atoms with Crippen molar-refractivity contribution in [2.24, 2.45) is 0 Å². The molecule has 24 heavy (non-hydrogen) atoms. The topological polar surface area (TPSA) is 63.6 Å². The van der Waals surface area contributed by atoms with E-state index in [0.29, 0.717) is 22.2 Å². The molecule has 1 fully saturated rings. The number of carbonyl (C=O) groups excluding carboxylic acids is 1.